The Kier molecular flexibility index (Phi) is 7.17. The number of imidazole rings is 1. The molecule has 2 aromatic heterocycles. The Labute approximate surface area is 165 Å². The fourth-order valence-corrected chi connectivity index (χ4v) is 3.85. The first-order valence-electron chi connectivity index (χ1n) is 8.83. The molecule has 0 amide bonds. The summed E-state index contributed by atoms with van der Waals surface area (Å²) in [7, 11) is 0. The minimum absolute atomic E-state index is 0.380. The number of rotatable bonds is 9. The van der Waals surface area contributed by atoms with Crippen LogP contribution in [-0.2, 0) is 4.74 Å². The van der Waals surface area contributed by atoms with E-state index >= 15 is 0 Å². The van der Waals surface area contributed by atoms with Gasteiger partial charge in [-0.2, -0.15) is 11.8 Å². The van der Waals surface area contributed by atoms with Crippen LogP contribution in [0.1, 0.15) is 19.6 Å². The minimum atomic E-state index is -1.19. The van der Waals surface area contributed by atoms with E-state index in [1.807, 2.05) is 6.26 Å². The fourth-order valence-electron chi connectivity index (χ4n) is 2.85. The van der Waals surface area contributed by atoms with Crippen molar-refractivity contribution in [1.29, 1.82) is 0 Å². The summed E-state index contributed by atoms with van der Waals surface area (Å²) in [6.07, 6.45) is 0.471. The van der Waals surface area contributed by atoms with Crippen LogP contribution < -0.4 is 5.32 Å². The molecule has 1 aliphatic rings. The van der Waals surface area contributed by atoms with E-state index in [0.717, 1.165) is 24.5 Å². The van der Waals surface area contributed by atoms with Crippen molar-refractivity contribution in [2.24, 2.45) is 0 Å². The number of hydrogen-bond donors (Lipinski definition) is 4. The summed E-state index contributed by atoms with van der Waals surface area (Å²) in [6.45, 7) is 2.45. The highest BCUT2D eigenvalue weighted by molar-refractivity contribution is 7.99. The average Bonchev–Trinajstić information content (AvgIpc) is 3.21. The molecule has 9 nitrogen and oxygen atoms in total. The molecule has 150 valence electrons. The first kappa shape index (κ1) is 20.6. The second-order valence-electron chi connectivity index (χ2n) is 6.18. The summed E-state index contributed by atoms with van der Waals surface area (Å²) in [4.78, 5) is 13.6. The molecule has 0 aliphatic carbocycles. The van der Waals surface area contributed by atoms with Gasteiger partial charge in [-0.25, -0.2) is 15.0 Å². The smallest absolute Gasteiger partial charge is 0.191 e. The quantitative estimate of drug-likeness (QED) is 0.264. The third-order valence-electron chi connectivity index (χ3n) is 4.23. The van der Waals surface area contributed by atoms with Gasteiger partial charge in [0.15, 0.2) is 28.4 Å². The third kappa shape index (κ3) is 4.33. The van der Waals surface area contributed by atoms with Gasteiger partial charge in [0.25, 0.3) is 0 Å². The maximum atomic E-state index is 10.3. The van der Waals surface area contributed by atoms with Gasteiger partial charge in [-0.3, -0.25) is 4.57 Å². The van der Waals surface area contributed by atoms with Crippen LogP contribution in [0, 0.1) is 0 Å². The summed E-state index contributed by atoms with van der Waals surface area (Å²) >= 11 is 3.28. The second-order valence-corrected chi connectivity index (χ2v) is 8.22. The molecule has 4 atom stereocenters. The van der Waals surface area contributed by atoms with E-state index in [1.54, 1.807) is 28.1 Å². The molecule has 2 aromatic rings. The maximum absolute atomic E-state index is 10.3. The summed E-state index contributed by atoms with van der Waals surface area (Å²) in [5, 5.41) is 33.6. The summed E-state index contributed by atoms with van der Waals surface area (Å²) < 4.78 is 7.22. The fraction of sp³-hybridized carbons (Fsp3) is 0.688. The van der Waals surface area contributed by atoms with Crippen molar-refractivity contribution < 1.29 is 20.1 Å². The van der Waals surface area contributed by atoms with Crippen LogP contribution in [-0.4, -0.2) is 84.1 Å². The van der Waals surface area contributed by atoms with Gasteiger partial charge in [0, 0.05) is 18.1 Å². The summed E-state index contributed by atoms with van der Waals surface area (Å²) in [6, 6.07) is 0. The van der Waals surface area contributed by atoms with Gasteiger partial charge in [0.1, 0.15) is 18.3 Å². The summed E-state index contributed by atoms with van der Waals surface area (Å²) in [5.74, 6) is 2.45. The topological polar surface area (TPSA) is 126 Å². The van der Waals surface area contributed by atoms with Crippen molar-refractivity contribution in [3.8, 4) is 0 Å². The number of aliphatic hydroxyl groups excluding tert-OH is 3. The van der Waals surface area contributed by atoms with Gasteiger partial charge in [-0.1, -0.05) is 18.7 Å². The lowest BCUT2D eigenvalue weighted by Gasteiger charge is -2.17. The molecule has 0 spiro atoms. The number of nitrogens with zero attached hydrogens (tertiary/aromatic N) is 4. The first-order chi connectivity index (χ1) is 13.1. The first-order valence-corrected chi connectivity index (χ1v) is 11.2. The number of aromatic nitrogens is 4. The molecule has 0 bridgehead atoms. The van der Waals surface area contributed by atoms with Crippen LogP contribution in [0.2, 0.25) is 0 Å². The lowest BCUT2D eigenvalue weighted by molar-refractivity contribution is -0.0511. The zero-order valence-corrected chi connectivity index (χ0v) is 16.9. The Bertz CT molecular complexity index is 762. The normalized spacial score (nSPS) is 25.4. The molecule has 11 heteroatoms. The summed E-state index contributed by atoms with van der Waals surface area (Å²) in [5.41, 5.74) is 1.10. The van der Waals surface area contributed by atoms with Gasteiger partial charge >= 0.3 is 0 Å². The number of ether oxygens (including phenoxy) is 1. The van der Waals surface area contributed by atoms with E-state index in [1.165, 1.54) is 6.33 Å². The molecule has 1 fully saturated rings. The van der Waals surface area contributed by atoms with Gasteiger partial charge in [-0.05, 0) is 12.7 Å². The standard InChI is InChI=1S/C16H25N5O4S2/c1-3-5-27-16-19-13(17-4-6-26-2)10-14(20-16)21(8-18-10)15-12(24)11(23)9(7-22)25-15/h8-9,11-12,15,22-24H,3-7H2,1-2H3,(H,17,19,20)/t9-,11-,12-,15-/m1/s1. The SMILES string of the molecule is CCCSc1nc(NCCSC)c2ncn([C@@H]3O[C@H](CO)[C@@H](O)[C@H]3O)c2n1. The monoisotopic (exact) mass is 415 g/mol. The van der Waals surface area contributed by atoms with E-state index in [2.05, 4.69) is 27.2 Å². The predicted octanol–water partition coefficient (Wildman–Crippen LogP) is 0.715. The molecule has 1 aliphatic heterocycles. The van der Waals surface area contributed by atoms with Crippen molar-refractivity contribution in [2.75, 3.05) is 36.2 Å². The zero-order valence-electron chi connectivity index (χ0n) is 15.3. The van der Waals surface area contributed by atoms with Crippen molar-refractivity contribution in [2.45, 2.75) is 43.0 Å². The van der Waals surface area contributed by atoms with Crippen molar-refractivity contribution in [3.05, 3.63) is 6.33 Å². The van der Waals surface area contributed by atoms with E-state index < -0.39 is 24.5 Å². The number of nitrogens with one attached hydrogen (secondary N) is 1. The highest BCUT2D eigenvalue weighted by Gasteiger charge is 2.44. The van der Waals surface area contributed by atoms with E-state index in [-0.39, 0.29) is 6.61 Å². The largest absolute Gasteiger partial charge is 0.394 e. The average molecular weight is 416 g/mol. The van der Waals surface area contributed by atoms with Crippen LogP contribution in [0.3, 0.4) is 0 Å². The Hall–Kier alpha value is -1.11. The molecular formula is C16H25N5O4S2. The maximum Gasteiger partial charge on any atom is 0.191 e. The number of aliphatic hydroxyl groups is 3. The van der Waals surface area contributed by atoms with Crippen molar-refractivity contribution in [1.82, 2.24) is 19.5 Å². The van der Waals surface area contributed by atoms with Gasteiger partial charge in [0.05, 0.1) is 12.9 Å². The number of thioether (sulfide) groups is 2. The lowest BCUT2D eigenvalue weighted by Crippen LogP contribution is -2.33. The molecule has 0 radical (unpaired) electrons. The zero-order chi connectivity index (χ0) is 19.4. The van der Waals surface area contributed by atoms with E-state index in [9.17, 15) is 15.3 Å². The van der Waals surface area contributed by atoms with Crippen LogP contribution in [0.4, 0.5) is 5.82 Å². The Balaban J connectivity index is 1.98. The van der Waals surface area contributed by atoms with E-state index in [0.29, 0.717) is 22.1 Å². The molecule has 3 rings (SSSR count). The Morgan fingerprint density at radius 2 is 2.07 bits per heavy atom. The van der Waals surface area contributed by atoms with Crippen LogP contribution >= 0.6 is 23.5 Å². The van der Waals surface area contributed by atoms with Gasteiger partial charge in [-0.15, -0.1) is 0 Å². The lowest BCUT2D eigenvalue weighted by atomic mass is 10.1. The van der Waals surface area contributed by atoms with Crippen molar-refractivity contribution in [3.63, 3.8) is 0 Å². The molecule has 0 unspecified atom stereocenters. The molecule has 0 aromatic carbocycles. The third-order valence-corrected chi connectivity index (χ3v) is 5.89. The second kappa shape index (κ2) is 9.39. The molecule has 4 N–H and O–H groups in total. The highest BCUT2D eigenvalue weighted by Crippen LogP contribution is 2.33. The molecule has 3 heterocycles. The Morgan fingerprint density at radius 1 is 1.26 bits per heavy atom. The van der Waals surface area contributed by atoms with Crippen LogP contribution in [0.15, 0.2) is 11.5 Å². The molecule has 1 saturated heterocycles. The number of hydrogen-bond acceptors (Lipinski definition) is 10. The van der Waals surface area contributed by atoms with Gasteiger partial charge < -0.3 is 25.4 Å². The predicted molar refractivity (Wildman–Crippen MR) is 106 cm³/mol. The highest BCUT2D eigenvalue weighted by atomic mass is 32.2. The number of fused-ring (bicyclic) bond motifs is 1. The van der Waals surface area contributed by atoms with Gasteiger partial charge in [0.2, 0.25) is 0 Å². The van der Waals surface area contributed by atoms with Crippen LogP contribution in [0.5, 0.6) is 0 Å². The van der Waals surface area contributed by atoms with E-state index in [4.69, 9.17) is 4.74 Å². The molecule has 0 saturated carbocycles. The minimum Gasteiger partial charge on any atom is -0.394 e. The number of anilines is 1. The Morgan fingerprint density at radius 3 is 2.74 bits per heavy atom. The van der Waals surface area contributed by atoms with Crippen molar-refractivity contribution >= 4 is 40.5 Å². The molecule has 27 heavy (non-hydrogen) atoms. The molecular weight excluding hydrogens is 390 g/mol. The van der Waals surface area contributed by atoms with Crippen LogP contribution in [0.25, 0.3) is 11.2 Å².